The predicted octanol–water partition coefficient (Wildman–Crippen LogP) is 0.911. The molecule has 0 bridgehead atoms. The van der Waals surface area contributed by atoms with E-state index in [9.17, 15) is 13.2 Å². The highest BCUT2D eigenvalue weighted by Crippen LogP contribution is 2.19. The standard InChI is InChI=1S/C9H19NO4S/c1-5-7-15(13,14)10(6-2)9(3,4)8(11)12/h5-7H2,1-4H3,(H,11,12). The van der Waals surface area contributed by atoms with Crippen LogP contribution in [0.25, 0.3) is 0 Å². The first-order valence-corrected chi connectivity index (χ1v) is 6.55. The fourth-order valence-corrected chi connectivity index (χ4v) is 3.32. The Balaban J connectivity index is 5.17. The molecule has 0 amide bonds. The van der Waals surface area contributed by atoms with Crippen molar-refractivity contribution in [2.45, 2.75) is 39.7 Å². The lowest BCUT2D eigenvalue weighted by molar-refractivity contribution is -0.146. The summed E-state index contributed by atoms with van der Waals surface area (Å²) in [6.45, 7) is 6.34. The molecule has 0 saturated heterocycles. The van der Waals surface area contributed by atoms with Gasteiger partial charge in [-0.05, 0) is 20.3 Å². The van der Waals surface area contributed by atoms with Gasteiger partial charge in [0.05, 0.1) is 5.75 Å². The Labute approximate surface area is 91.1 Å². The van der Waals surface area contributed by atoms with Crippen LogP contribution in [-0.2, 0) is 14.8 Å². The molecule has 1 N–H and O–H groups in total. The molecule has 0 aromatic carbocycles. The molecule has 0 spiro atoms. The SMILES string of the molecule is CCCS(=O)(=O)N(CC)C(C)(C)C(=O)O. The molecule has 0 rings (SSSR count). The fourth-order valence-electron chi connectivity index (χ4n) is 1.41. The van der Waals surface area contributed by atoms with Gasteiger partial charge in [0.1, 0.15) is 5.54 Å². The second-order valence-corrected chi connectivity index (χ2v) is 5.86. The Morgan fingerprint density at radius 3 is 2.07 bits per heavy atom. The molecule has 15 heavy (non-hydrogen) atoms. The van der Waals surface area contributed by atoms with Crippen LogP contribution in [0.4, 0.5) is 0 Å². The molecule has 90 valence electrons. The van der Waals surface area contributed by atoms with Gasteiger partial charge in [-0.3, -0.25) is 4.79 Å². The van der Waals surface area contributed by atoms with E-state index in [1.807, 2.05) is 0 Å². The number of carboxylic acids is 1. The molecule has 0 saturated carbocycles. The van der Waals surface area contributed by atoms with Crippen molar-refractivity contribution >= 4 is 16.0 Å². The zero-order chi connectivity index (χ0) is 12.3. The molecule has 0 aliphatic carbocycles. The zero-order valence-electron chi connectivity index (χ0n) is 9.65. The molecule has 5 nitrogen and oxygen atoms in total. The van der Waals surface area contributed by atoms with Gasteiger partial charge >= 0.3 is 5.97 Å². The van der Waals surface area contributed by atoms with Crippen LogP contribution in [0, 0.1) is 0 Å². The third-order valence-corrected chi connectivity index (χ3v) is 4.54. The summed E-state index contributed by atoms with van der Waals surface area (Å²) in [6.07, 6.45) is 0.481. The Morgan fingerprint density at radius 2 is 1.80 bits per heavy atom. The summed E-state index contributed by atoms with van der Waals surface area (Å²) >= 11 is 0. The third kappa shape index (κ3) is 3.17. The molecular weight excluding hydrogens is 218 g/mol. The van der Waals surface area contributed by atoms with Crippen molar-refractivity contribution in [3.05, 3.63) is 0 Å². The van der Waals surface area contributed by atoms with E-state index in [0.717, 1.165) is 4.31 Å². The van der Waals surface area contributed by atoms with Crippen molar-refractivity contribution in [3.8, 4) is 0 Å². The average molecular weight is 237 g/mol. The normalized spacial score (nSPS) is 13.1. The van der Waals surface area contributed by atoms with Crippen molar-refractivity contribution in [1.82, 2.24) is 4.31 Å². The molecule has 6 heteroatoms. The van der Waals surface area contributed by atoms with Crippen LogP contribution in [0.5, 0.6) is 0 Å². The first kappa shape index (κ1) is 14.4. The molecule has 0 aliphatic rings. The molecule has 0 fully saturated rings. The minimum Gasteiger partial charge on any atom is -0.480 e. The summed E-state index contributed by atoms with van der Waals surface area (Å²) in [5, 5.41) is 8.97. The first-order valence-electron chi connectivity index (χ1n) is 4.94. The minimum absolute atomic E-state index is 0.0163. The van der Waals surface area contributed by atoms with Crippen LogP contribution in [0.2, 0.25) is 0 Å². The summed E-state index contributed by atoms with van der Waals surface area (Å²) < 4.78 is 24.6. The number of rotatable bonds is 6. The lowest BCUT2D eigenvalue weighted by Gasteiger charge is -2.32. The van der Waals surface area contributed by atoms with Gasteiger partial charge in [0.15, 0.2) is 0 Å². The minimum atomic E-state index is -3.47. The Bertz CT molecular complexity index is 321. The van der Waals surface area contributed by atoms with Crippen molar-refractivity contribution in [3.63, 3.8) is 0 Å². The van der Waals surface area contributed by atoms with Crippen LogP contribution in [0.3, 0.4) is 0 Å². The lowest BCUT2D eigenvalue weighted by Crippen LogP contribution is -2.53. The quantitative estimate of drug-likeness (QED) is 0.745. The third-order valence-electron chi connectivity index (χ3n) is 2.23. The second-order valence-electron chi connectivity index (χ2n) is 3.84. The van der Waals surface area contributed by atoms with Crippen LogP contribution in [0.15, 0.2) is 0 Å². The van der Waals surface area contributed by atoms with E-state index in [-0.39, 0.29) is 12.3 Å². The number of carbonyl (C=O) groups is 1. The zero-order valence-corrected chi connectivity index (χ0v) is 10.5. The number of sulfonamides is 1. The number of likely N-dealkylation sites (N-methyl/N-ethyl adjacent to an activating group) is 1. The molecule has 0 aromatic heterocycles. The summed E-state index contributed by atoms with van der Waals surface area (Å²) in [6, 6.07) is 0. The number of carboxylic acid groups (broad SMARTS) is 1. The summed E-state index contributed by atoms with van der Waals surface area (Å²) in [4.78, 5) is 11.0. The maximum atomic E-state index is 11.8. The van der Waals surface area contributed by atoms with Gasteiger partial charge in [0.2, 0.25) is 10.0 Å². The van der Waals surface area contributed by atoms with E-state index in [4.69, 9.17) is 5.11 Å². The topological polar surface area (TPSA) is 74.7 Å². The van der Waals surface area contributed by atoms with Gasteiger partial charge in [-0.25, -0.2) is 8.42 Å². The second kappa shape index (κ2) is 4.94. The van der Waals surface area contributed by atoms with E-state index in [0.29, 0.717) is 6.42 Å². The van der Waals surface area contributed by atoms with Crippen molar-refractivity contribution < 1.29 is 18.3 Å². The van der Waals surface area contributed by atoms with Crippen LogP contribution in [-0.4, -0.2) is 41.6 Å². The highest BCUT2D eigenvalue weighted by atomic mass is 32.2. The van der Waals surface area contributed by atoms with Crippen molar-refractivity contribution in [2.75, 3.05) is 12.3 Å². The molecule has 0 atom stereocenters. The molecule has 0 heterocycles. The molecular formula is C9H19NO4S. The van der Waals surface area contributed by atoms with Gasteiger partial charge in [0.25, 0.3) is 0 Å². The molecule has 0 radical (unpaired) electrons. The van der Waals surface area contributed by atoms with E-state index < -0.39 is 21.5 Å². The van der Waals surface area contributed by atoms with E-state index in [1.165, 1.54) is 13.8 Å². The maximum absolute atomic E-state index is 11.8. The maximum Gasteiger partial charge on any atom is 0.324 e. The van der Waals surface area contributed by atoms with E-state index >= 15 is 0 Å². The summed E-state index contributed by atoms with van der Waals surface area (Å²) in [5.41, 5.74) is -1.39. The highest BCUT2D eigenvalue weighted by molar-refractivity contribution is 7.89. The number of nitrogens with zero attached hydrogens (tertiary/aromatic N) is 1. The predicted molar refractivity (Wildman–Crippen MR) is 58.2 cm³/mol. The van der Waals surface area contributed by atoms with Gasteiger partial charge in [-0.15, -0.1) is 0 Å². The number of hydrogen-bond donors (Lipinski definition) is 1. The Hall–Kier alpha value is -0.620. The Kier molecular flexibility index (Phi) is 4.73. The van der Waals surface area contributed by atoms with Gasteiger partial charge < -0.3 is 5.11 Å². The van der Waals surface area contributed by atoms with E-state index in [1.54, 1.807) is 13.8 Å². The molecule has 0 aliphatic heterocycles. The lowest BCUT2D eigenvalue weighted by atomic mass is 10.1. The van der Waals surface area contributed by atoms with Crippen molar-refractivity contribution in [2.24, 2.45) is 0 Å². The van der Waals surface area contributed by atoms with Gasteiger partial charge in [-0.1, -0.05) is 13.8 Å². The van der Waals surface area contributed by atoms with Crippen LogP contribution < -0.4 is 0 Å². The summed E-state index contributed by atoms with van der Waals surface area (Å²) in [5.74, 6) is -1.15. The van der Waals surface area contributed by atoms with Crippen LogP contribution in [0.1, 0.15) is 34.1 Å². The number of hydrogen-bond acceptors (Lipinski definition) is 3. The molecule has 0 unspecified atom stereocenters. The monoisotopic (exact) mass is 237 g/mol. The summed E-state index contributed by atoms with van der Waals surface area (Å²) in [7, 11) is -3.47. The largest absolute Gasteiger partial charge is 0.480 e. The fraction of sp³-hybridized carbons (Fsp3) is 0.889. The first-order chi connectivity index (χ1) is 6.70. The average Bonchev–Trinajstić information content (AvgIpc) is 2.03. The van der Waals surface area contributed by atoms with E-state index in [2.05, 4.69) is 0 Å². The Morgan fingerprint density at radius 1 is 1.33 bits per heavy atom. The van der Waals surface area contributed by atoms with Gasteiger partial charge in [0, 0.05) is 6.54 Å². The van der Waals surface area contributed by atoms with Gasteiger partial charge in [-0.2, -0.15) is 4.31 Å². The molecule has 0 aromatic rings. The number of aliphatic carboxylic acids is 1. The van der Waals surface area contributed by atoms with Crippen molar-refractivity contribution in [1.29, 1.82) is 0 Å². The smallest absolute Gasteiger partial charge is 0.324 e. The van der Waals surface area contributed by atoms with Crippen LogP contribution >= 0.6 is 0 Å². The highest BCUT2D eigenvalue weighted by Gasteiger charge is 2.40.